The second-order valence-electron chi connectivity index (χ2n) is 5.96. The molecule has 0 aliphatic carbocycles. The lowest BCUT2D eigenvalue weighted by Gasteiger charge is -2.15. The van der Waals surface area contributed by atoms with Crippen molar-refractivity contribution >= 4 is 21.8 Å². The lowest BCUT2D eigenvalue weighted by atomic mass is 9.87. The average Bonchev–Trinajstić information content (AvgIpc) is 3.11. The highest BCUT2D eigenvalue weighted by molar-refractivity contribution is 5.88. The summed E-state index contributed by atoms with van der Waals surface area (Å²) in [5.74, 6) is 0.410. The number of hydrogen-bond donors (Lipinski definition) is 2. The lowest BCUT2D eigenvalue weighted by Crippen LogP contribution is -2.00. The summed E-state index contributed by atoms with van der Waals surface area (Å²) >= 11 is 0. The fourth-order valence-electron chi connectivity index (χ4n) is 3.71. The van der Waals surface area contributed by atoms with Crippen LogP contribution in [-0.4, -0.2) is 9.97 Å². The molecule has 1 atom stereocenters. The van der Waals surface area contributed by atoms with Crippen molar-refractivity contribution in [2.24, 2.45) is 0 Å². The van der Waals surface area contributed by atoms with Crippen molar-refractivity contribution in [1.29, 1.82) is 0 Å². The van der Waals surface area contributed by atoms with Gasteiger partial charge in [-0.1, -0.05) is 43.3 Å². The Morgan fingerprint density at radius 3 is 2.36 bits per heavy atom. The minimum Gasteiger partial charge on any atom is -0.361 e. The number of rotatable bonds is 3. The van der Waals surface area contributed by atoms with Crippen molar-refractivity contribution in [1.82, 2.24) is 9.97 Å². The highest BCUT2D eigenvalue weighted by Gasteiger charge is 2.21. The van der Waals surface area contributed by atoms with Crippen molar-refractivity contribution < 1.29 is 0 Å². The summed E-state index contributed by atoms with van der Waals surface area (Å²) in [4.78, 5) is 6.96. The second kappa shape index (κ2) is 5.06. The molecule has 22 heavy (non-hydrogen) atoms. The van der Waals surface area contributed by atoms with Crippen LogP contribution < -0.4 is 0 Å². The van der Waals surface area contributed by atoms with Crippen molar-refractivity contribution in [3.63, 3.8) is 0 Å². The van der Waals surface area contributed by atoms with E-state index in [0.717, 1.165) is 6.42 Å². The van der Waals surface area contributed by atoms with Crippen LogP contribution in [0.4, 0.5) is 0 Å². The van der Waals surface area contributed by atoms with Crippen molar-refractivity contribution in [2.75, 3.05) is 0 Å². The van der Waals surface area contributed by atoms with Crippen molar-refractivity contribution in [2.45, 2.75) is 26.2 Å². The van der Waals surface area contributed by atoms with Crippen LogP contribution in [0.3, 0.4) is 0 Å². The van der Waals surface area contributed by atoms with Crippen LogP contribution in [0.1, 0.15) is 36.1 Å². The molecule has 4 rings (SSSR count). The first-order valence-electron chi connectivity index (χ1n) is 7.92. The van der Waals surface area contributed by atoms with Gasteiger partial charge in [0.25, 0.3) is 0 Å². The number of hydrogen-bond acceptors (Lipinski definition) is 0. The molecule has 0 bridgehead atoms. The predicted molar refractivity (Wildman–Crippen MR) is 93.5 cm³/mol. The number of para-hydroxylation sites is 2. The maximum Gasteiger partial charge on any atom is 0.0459 e. The Morgan fingerprint density at radius 2 is 1.59 bits per heavy atom. The number of aromatic nitrogens is 2. The molecular formula is C20H20N2. The van der Waals surface area contributed by atoms with E-state index in [2.05, 4.69) is 78.5 Å². The van der Waals surface area contributed by atoms with Crippen LogP contribution >= 0.6 is 0 Å². The van der Waals surface area contributed by atoms with Gasteiger partial charge in [0, 0.05) is 39.6 Å². The van der Waals surface area contributed by atoms with Crippen LogP contribution in [0, 0.1) is 6.92 Å². The maximum atomic E-state index is 3.54. The Labute approximate surface area is 130 Å². The zero-order valence-electron chi connectivity index (χ0n) is 13.0. The fourth-order valence-corrected chi connectivity index (χ4v) is 3.71. The highest BCUT2D eigenvalue weighted by atomic mass is 14.7. The van der Waals surface area contributed by atoms with Crippen LogP contribution in [0.15, 0.2) is 54.7 Å². The standard InChI is InChI=1S/C20H20N2/c1-3-14(17-12-21-18-10-6-4-8-15(17)18)20-13(2)22-19-11-7-5-9-16(19)20/h4-12,14,21-22H,3H2,1-2H3. The molecule has 0 aliphatic rings. The van der Waals surface area contributed by atoms with E-state index in [1.165, 1.54) is 38.6 Å². The quantitative estimate of drug-likeness (QED) is 0.499. The van der Waals surface area contributed by atoms with E-state index in [4.69, 9.17) is 0 Å². The van der Waals surface area contributed by atoms with Gasteiger partial charge in [-0.25, -0.2) is 0 Å². The fraction of sp³-hybridized carbons (Fsp3) is 0.200. The Hall–Kier alpha value is -2.48. The molecule has 2 heteroatoms. The van der Waals surface area contributed by atoms with Gasteiger partial charge in [0.2, 0.25) is 0 Å². The third-order valence-electron chi connectivity index (χ3n) is 4.70. The molecule has 0 radical (unpaired) electrons. The van der Waals surface area contributed by atoms with Crippen LogP contribution in [0.2, 0.25) is 0 Å². The summed E-state index contributed by atoms with van der Waals surface area (Å²) in [6.45, 7) is 4.46. The van der Waals surface area contributed by atoms with Gasteiger partial charge in [0.1, 0.15) is 0 Å². The molecule has 0 saturated heterocycles. The summed E-state index contributed by atoms with van der Waals surface area (Å²) in [7, 11) is 0. The van der Waals surface area contributed by atoms with Gasteiger partial charge in [-0.05, 0) is 36.6 Å². The van der Waals surface area contributed by atoms with Crippen LogP contribution in [0.25, 0.3) is 21.8 Å². The Morgan fingerprint density at radius 1 is 0.909 bits per heavy atom. The van der Waals surface area contributed by atoms with E-state index in [0.29, 0.717) is 5.92 Å². The second-order valence-corrected chi connectivity index (χ2v) is 5.96. The smallest absolute Gasteiger partial charge is 0.0459 e. The molecule has 110 valence electrons. The number of aryl methyl sites for hydroxylation is 1. The molecule has 2 aromatic heterocycles. The molecule has 0 saturated carbocycles. The van der Waals surface area contributed by atoms with Gasteiger partial charge in [0.15, 0.2) is 0 Å². The third kappa shape index (κ3) is 1.87. The number of benzene rings is 2. The number of aromatic amines is 2. The maximum absolute atomic E-state index is 3.54. The van der Waals surface area contributed by atoms with Gasteiger partial charge in [0.05, 0.1) is 0 Å². The molecule has 2 nitrogen and oxygen atoms in total. The molecule has 4 aromatic rings. The lowest BCUT2D eigenvalue weighted by molar-refractivity contribution is 0.782. The van der Waals surface area contributed by atoms with Gasteiger partial charge < -0.3 is 9.97 Å². The third-order valence-corrected chi connectivity index (χ3v) is 4.70. The van der Waals surface area contributed by atoms with Crippen molar-refractivity contribution in [3.05, 3.63) is 71.5 Å². The largest absolute Gasteiger partial charge is 0.361 e. The zero-order chi connectivity index (χ0) is 15.1. The number of nitrogens with one attached hydrogen (secondary N) is 2. The molecule has 1 unspecified atom stereocenters. The van der Waals surface area contributed by atoms with Gasteiger partial charge >= 0.3 is 0 Å². The first kappa shape index (κ1) is 13.2. The summed E-state index contributed by atoms with van der Waals surface area (Å²) in [6.07, 6.45) is 3.27. The van der Waals surface area contributed by atoms with Crippen LogP contribution in [0.5, 0.6) is 0 Å². The number of H-pyrrole nitrogens is 2. The number of fused-ring (bicyclic) bond motifs is 2. The summed E-state index contributed by atoms with van der Waals surface area (Å²) in [6, 6.07) is 17.2. The summed E-state index contributed by atoms with van der Waals surface area (Å²) < 4.78 is 0. The van der Waals surface area contributed by atoms with Crippen molar-refractivity contribution in [3.8, 4) is 0 Å². The molecule has 0 aliphatic heterocycles. The summed E-state index contributed by atoms with van der Waals surface area (Å²) in [5.41, 5.74) is 6.55. The first-order chi connectivity index (χ1) is 10.8. The Balaban J connectivity index is 1.96. The molecule has 2 heterocycles. The normalized spacial score (nSPS) is 13.0. The molecule has 0 amide bonds. The first-order valence-corrected chi connectivity index (χ1v) is 7.92. The molecule has 2 aromatic carbocycles. The Kier molecular flexibility index (Phi) is 3.04. The monoisotopic (exact) mass is 288 g/mol. The van der Waals surface area contributed by atoms with Crippen LogP contribution in [-0.2, 0) is 0 Å². The van der Waals surface area contributed by atoms with Gasteiger partial charge in [-0.3, -0.25) is 0 Å². The van der Waals surface area contributed by atoms with Gasteiger partial charge in [-0.2, -0.15) is 0 Å². The van der Waals surface area contributed by atoms with Gasteiger partial charge in [-0.15, -0.1) is 0 Å². The average molecular weight is 288 g/mol. The van der Waals surface area contributed by atoms with E-state index < -0.39 is 0 Å². The molecule has 0 spiro atoms. The predicted octanol–water partition coefficient (Wildman–Crippen LogP) is 5.50. The topological polar surface area (TPSA) is 31.6 Å². The SMILES string of the molecule is CCC(c1c[nH]c2ccccc12)c1c(C)[nH]c2ccccc12. The molecule has 0 fully saturated rings. The minimum atomic E-state index is 0.410. The minimum absolute atomic E-state index is 0.410. The highest BCUT2D eigenvalue weighted by Crippen LogP contribution is 2.38. The summed E-state index contributed by atoms with van der Waals surface area (Å²) in [5, 5.41) is 2.68. The zero-order valence-corrected chi connectivity index (χ0v) is 13.0. The van der Waals surface area contributed by atoms with E-state index in [-0.39, 0.29) is 0 Å². The van der Waals surface area contributed by atoms with E-state index in [9.17, 15) is 0 Å². The van der Waals surface area contributed by atoms with E-state index in [1.807, 2.05) is 0 Å². The molecular weight excluding hydrogens is 268 g/mol. The Bertz CT molecular complexity index is 943. The van der Waals surface area contributed by atoms with E-state index >= 15 is 0 Å². The molecule has 2 N–H and O–H groups in total. The van der Waals surface area contributed by atoms with E-state index in [1.54, 1.807) is 0 Å².